The summed E-state index contributed by atoms with van der Waals surface area (Å²) in [5.74, 6) is 0.124. The first kappa shape index (κ1) is 10.3. The van der Waals surface area contributed by atoms with E-state index in [0.29, 0.717) is 12.1 Å². The molecule has 1 aliphatic heterocycles. The van der Waals surface area contributed by atoms with Crippen molar-refractivity contribution >= 4 is 5.78 Å². The number of hydrogen-bond acceptors (Lipinski definition) is 3. The second-order valence-corrected chi connectivity index (χ2v) is 3.26. The van der Waals surface area contributed by atoms with Crippen LogP contribution >= 0.6 is 0 Å². The number of hydroxylamine groups is 1. The maximum Gasteiger partial charge on any atom is 0.180 e. The first-order valence-electron chi connectivity index (χ1n) is 4.94. The van der Waals surface area contributed by atoms with Crippen molar-refractivity contribution in [3.8, 4) is 0 Å². The molecule has 1 rings (SSSR count). The van der Waals surface area contributed by atoms with Gasteiger partial charge in [-0.2, -0.15) is 0 Å². The second-order valence-electron chi connectivity index (χ2n) is 3.26. The average Bonchev–Trinajstić information content (AvgIpc) is 2.62. The van der Waals surface area contributed by atoms with Crippen molar-refractivity contribution in [1.29, 1.82) is 0 Å². The van der Waals surface area contributed by atoms with E-state index in [4.69, 9.17) is 4.84 Å². The van der Waals surface area contributed by atoms with Crippen LogP contribution in [0.3, 0.4) is 0 Å². The Bertz CT molecular complexity index is 211. The van der Waals surface area contributed by atoms with E-state index in [0.717, 1.165) is 19.3 Å². The summed E-state index contributed by atoms with van der Waals surface area (Å²) in [5, 5.41) is 0. The molecule has 74 valence electrons. The number of Topliss-reactive ketones (excluding diaryl/α,β-unsaturated/α-hetero) is 1. The molecule has 0 radical (unpaired) electrons. The molecule has 13 heavy (non-hydrogen) atoms. The van der Waals surface area contributed by atoms with Gasteiger partial charge in [0.2, 0.25) is 0 Å². The Hall–Kier alpha value is -0.830. The van der Waals surface area contributed by atoms with Crippen LogP contribution in [0.15, 0.2) is 11.8 Å². The van der Waals surface area contributed by atoms with E-state index >= 15 is 0 Å². The van der Waals surface area contributed by atoms with Gasteiger partial charge in [-0.25, -0.2) is 0 Å². The lowest BCUT2D eigenvalue weighted by Crippen LogP contribution is -2.16. The number of allylic oxidation sites excluding steroid dienone is 1. The molecule has 1 heterocycles. The van der Waals surface area contributed by atoms with E-state index in [2.05, 4.69) is 12.4 Å². The number of ketones is 1. The predicted molar refractivity (Wildman–Crippen MR) is 50.9 cm³/mol. The number of hydrogen-bond donors (Lipinski definition) is 1. The quantitative estimate of drug-likeness (QED) is 0.708. The molecule has 1 N–H and O–H groups in total. The van der Waals surface area contributed by atoms with E-state index in [9.17, 15) is 4.79 Å². The Balaban J connectivity index is 2.39. The van der Waals surface area contributed by atoms with E-state index in [1.54, 1.807) is 0 Å². The molecule has 0 bridgehead atoms. The highest BCUT2D eigenvalue weighted by Crippen LogP contribution is 2.14. The third kappa shape index (κ3) is 2.84. The largest absolute Gasteiger partial charge is 0.292 e. The molecule has 0 aromatic rings. The van der Waals surface area contributed by atoms with Gasteiger partial charge >= 0.3 is 0 Å². The number of unbranched alkanes of at least 4 members (excludes halogenated alkanes) is 1. The van der Waals surface area contributed by atoms with Crippen LogP contribution in [0.2, 0.25) is 0 Å². The van der Waals surface area contributed by atoms with Gasteiger partial charge in [0.15, 0.2) is 5.78 Å². The van der Waals surface area contributed by atoms with Crippen molar-refractivity contribution < 1.29 is 9.63 Å². The van der Waals surface area contributed by atoms with E-state index in [-0.39, 0.29) is 11.9 Å². The van der Waals surface area contributed by atoms with Crippen LogP contribution in [0, 0.1) is 0 Å². The molecule has 0 aromatic heterocycles. The van der Waals surface area contributed by atoms with Crippen LogP contribution in [0.25, 0.3) is 0 Å². The number of carbonyl (C=O) groups is 1. The fraction of sp³-hybridized carbons (Fsp3) is 0.700. The fourth-order valence-electron chi connectivity index (χ4n) is 1.28. The first-order chi connectivity index (χ1) is 6.27. The number of rotatable bonds is 5. The standard InChI is InChI=1S/C10H17NO2/c1-3-5-6-8-7-9(11-13-8)10(12)4-2/h7-8,11H,3-6H2,1-2H3. The van der Waals surface area contributed by atoms with Crippen molar-refractivity contribution in [3.63, 3.8) is 0 Å². The van der Waals surface area contributed by atoms with Gasteiger partial charge in [-0.15, -0.1) is 0 Å². The highest BCUT2D eigenvalue weighted by atomic mass is 16.7. The smallest absolute Gasteiger partial charge is 0.180 e. The summed E-state index contributed by atoms with van der Waals surface area (Å²) in [4.78, 5) is 16.4. The first-order valence-corrected chi connectivity index (χ1v) is 4.94. The molecule has 0 aliphatic carbocycles. The molecule has 1 atom stereocenters. The van der Waals surface area contributed by atoms with Crippen LogP contribution < -0.4 is 5.48 Å². The van der Waals surface area contributed by atoms with Crippen molar-refractivity contribution in [3.05, 3.63) is 11.8 Å². The lowest BCUT2D eigenvalue weighted by molar-refractivity contribution is -0.116. The Morgan fingerprint density at radius 1 is 1.62 bits per heavy atom. The van der Waals surface area contributed by atoms with E-state index in [1.165, 1.54) is 0 Å². The minimum absolute atomic E-state index is 0.0884. The summed E-state index contributed by atoms with van der Waals surface area (Å²) in [7, 11) is 0. The van der Waals surface area contributed by atoms with Gasteiger partial charge in [-0.05, 0) is 12.5 Å². The second kappa shape index (κ2) is 5.02. The summed E-state index contributed by atoms with van der Waals surface area (Å²) < 4.78 is 0. The van der Waals surface area contributed by atoms with Gasteiger partial charge in [0.1, 0.15) is 11.8 Å². The van der Waals surface area contributed by atoms with Crippen LogP contribution in [0.1, 0.15) is 39.5 Å². The van der Waals surface area contributed by atoms with Gasteiger partial charge in [0, 0.05) is 6.42 Å². The van der Waals surface area contributed by atoms with Gasteiger partial charge in [-0.3, -0.25) is 15.1 Å². The molecule has 0 aromatic carbocycles. The Kier molecular flexibility index (Phi) is 3.96. The molecule has 1 aliphatic rings. The highest BCUT2D eigenvalue weighted by molar-refractivity contribution is 5.94. The monoisotopic (exact) mass is 183 g/mol. The summed E-state index contributed by atoms with van der Waals surface area (Å²) in [6.07, 6.45) is 5.79. The minimum atomic E-state index is 0.0884. The molecular weight excluding hydrogens is 166 g/mol. The molecule has 0 saturated heterocycles. The van der Waals surface area contributed by atoms with Gasteiger partial charge in [0.05, 0.1) is 0 Å². The zero-order chi connectivity index (χ0) is 9.68. The molecule has 0 amide bonds. The molecule has 0 spiro atoms. The molecule has 1 unspecified atom stereocenters. The lowest BCUT2D eigenvalue weighted by atomic mass is 10.1. The van der Waals surface area contributed by atoms with Crippen LogP contribution in [0.4, 0.5) is 0 Å². The van der Waals surface area contributed by atoms with Gasteiger partial charge < -0.3 is 0 Å². The summed E-state index contributed by atoms with van der Waals surface area (Å²) >= 11 is 0. The third-order valence-electron chi connectivity index (χ3n) is 2.14. The van der Waals surface area contributed by atoms with Crippen LogP contribution in [-0.2, 0) is 9.63 Å². The normalized spacial score (nSPS) is 21.1. The highest BCUT2D eigenvalue weighted by Gasteiger charge is 2.19. The molecule has 3 nitrogen and oxygen atoms in total. The maximum atomic E-state index is 11.2. The van der Waals surface area contributed by atoms with Crippen molar-refractivity contribution in [2.75, 3.05) is 0 Å². The molecule has 0 fully saturated rings. The van der Waals surface area contributed by atoms with E-state index < -0.39 is 0 Å². The molecular formula is C10H17NO2. The van der Waals surface area contributed by atoms with Crippen LogP contribution in [-0.4, -0.2) is 11.9 Å². The SMILES string of the molecule is CCCCC1C=C(C(=O)CC)NO1. The number of nitrogens with one attached hydrogen (secondary N) is 1. The fourth-order valence-corrected chi connectivity index (χ4v) is 1.28. The molecule has 3 heteroatoms. The maximum absolute atomic E-state index is 11.2. The van der Waals surface area contributed by atoms with Crippen molar-refractivity contribution in [2.45, 2.75) is 45.6 Å². The predicted octanol–water partition coefficient (Wildman–Crippen LogP) is 1.94. The van der Waals surface area contributed by atoms with Gasteiger partial charge in [-0.1, -0.05) is 26.7 Å². The average molecular weight is 183 g/mol. The Morgan fingerprint density at radius 2 is 2.38 bits per heavy atom. The Morgan fingerprint density at radius 3 is 3.00 bits per heavy atom. The van der Waals surface area contributed by atoms with Crippen molar-refractivity contribution in [2.24, 2.45) is 0 Å². The van der Waals surface area contributed by atoms with Gasteiger partial charge in [0.25, 0.3) is 0 Å². The zero-order valence-electron chi connectivity index (χ0n) is 8.30. The third-order valence-corrected chi connectivity index (χ3v) is 2.14. The van der Waals surface area contributed by atoms with E-state index in [1.807, 2.05) is 13.0 Å². The number of carbonyl (C=O) groups excluding carboxylic acids is 1. The zero-order valence-corrected chi connectivity index (χ0v) is 8.30. The van der Waals surface area contributed by atoms with Crippen LogP contribution in [0.5, 0.6) is 0 Å². The minimum Gasteiger partial charge on any atom is -0.292 e. The van der Waals surface area contributed by atoms with Crippen molar-refractivity contribution in [1.82, 2.24) is 5.48 Å². The molecule has 0 saturated carbocycles. The lowest BCUT2D eigenvalue weighted by Gasteiger charge is -2.04. The topological polar surface area (TPSA) is 38.3 Å². The summed E-state index contributed by atoms with van der Waals surface area (Å²) in [5.41, 5.74) is 3.31. The Labute approximate surface area is 79.1 Å². The summed E-state index contributed by atoms with van der Waals surface area (Å²) in [6, 6.07) is 0. The summed E-state index contributed by atoms with van der Waals surface area (Å²) in [6.45, 7) is 3.99.